The van der Waals surface area contributed by atoms with Gasteiger partial charge in [-0.1, -0.05) is 25.1 Å². The Bertz CT molecular complexity index is 1510. The molecule has 0 aliphatic carbocycles. The molecule has 3 fully saturated rings. The number of benzene rings is 2. The molecule has 270 valence electrons. The van der Waals surface area contributed by atoms with Gasteiger partial charge >= 0.3 is 12.1 Å². The minimum absolute atomic E-state index is 0.0559. The standard InChI is InChI=1S/C38H51F4N3O4/c1-24-20-44(34(47)37(39)23-45(35(2,3)4)22-31(37)25-9-12-28(48-8)13-10-25)21-30(24)29-14-11-27(38(40,41)42)19-32(29)43-17-15-26(16-18-43)33(46)49-36(5,6)7/h9-14,19,24,26,30-31H,15-18,20-23H2,1-8H3/t24-,30-,31-,37-/m0/s1. The average Bonchev–Trinajstić information content (AvgIpc) is 3.60. The first-order chi connectivity index (χ1) is 22.7. The highest BCUT2D eigenvalue weighted by atomic mass is 19.4. The molecule has 3 aliphatic rings. The fraction of sp³-hybridized carbons (Fsp3) is 0.632. The molecule has 0 bridgehead atoms. The first-order valence-corrected chi connectivity index (χ1v) is 17.3. The number of anilines is 1. The van der Waals surface area contributed by atoms with E-state index in [0.717, 1.165) is 6.07 Å². The Hall–Kier alpha value is -3.34. The minimum atomic E-state index is -4.54. The maximum absolute atomic E-state index is 17.5. The van der Waals surface area contributed by atoms with Crippen molar-refractivity contribution < 1.29 is 36.6 Å². The zero-order valence-corrected chi connectivity index (χ0v) is 30.0. The SMILES string of the molecule is COc1ccc([C@@H]2CN(C(C)(C)C)C[C@@]2(F)C(=O)N2C[C@H](c3ccc(C(F)(F)F)cc3N3CCC(C(=O)OC(C)(C)C)CC3)[C@@H](C)C2)cc1. The lowest BCUT2D eigenvalue weighted by molar-refractivity contribution is -0.160. The fourth-order valence-corrected chi connectivity index (χ4v) is 7.60. The lowest BCUT2D eigenvalue weighted by atomic mass is 9.85. The maximum Gasteiger partial charge on any atom is 0.416 e. The second-order valence-electron chi connectivity index (χ2n) is 16.1. The van der Waals surface area contributed by atoms with Crippen molar-refractivity contribution in [2.45, 2.75) is 96.1 Å². The molecule has 11 heteroatoms. The predicted octanol–water partition coefficient (Wildman–Crippen LogP) is 7.44. The van der Waals surface area contributed by atoms with Crippen molar-refractivity contribution in [1.29, 1.82) is 0 Å². The molecule has 0 spiro atoms. The third-order valence-corrected chi connectivity index (χ3v) is 10.4. The third-order valence-electron chi connectivity index (χ3n) is 10.4. The first-order valence-electron chi connectivity index (χ1n) is 17.3. The molecule has 3 aliphatic heterocycles. The van der Waals surface area contributed by atoms with Gasteiger partial charge in [0.05, 0.1) is 18.6 Å². The number of halogens is 4. The number of ether oxygens (including phenoxy) is 2. The number of esters is 1. The van der Waals surface area contributed by atoms with Crippen molar-refractivity contribution in [3.8, 4) is 5.75 Å². The molecule has 3 saturated heterocycles. The summed E-state index contributed by atoms with van der Waals surface area (Å²) in [4.78, 5) is 32.6. The molecule has 0 N–H and O–H groups in total. The second-order valence-corrected chi connectivity index (χ2v) is 16.1. The topological polar surface area (TPSA) is 62.3 Å². The number of likely N-dealkylation sites (tertiary alicyclic amines) is 2. The molecule has 0 radical (unpaired) electrons. The molecule has 7 nitrogen and oxygen atoms in total. The molecule has 0 saturated carbocycles. The lowest BCUT2D eigenvalue weighted by Crippen LogP contribution is -2.51. The third kappa shape index (κ3) is 7.86. The van der Waals surface area contributed by atoms with Gasteiger partial charge in [-0.3, -0.25) is 14.5 Å². The van der Waals surface area contributed by atoms with Gasteiger partial charge in [0.25, 0.3) is 5.91 Å². The van der Waals surface area contributed by atoms with Crippen LogP contribution in [-0.2, 0) is 20.5 Å². The van der Waals surface area contributed by atoms with Gasteiger partial charge in [-0.25, -0.2) is 4.39 Å². The van der Waals surface area contributed by atoms with E-state index in [-0.39, 0.29) is 42.4 Å². The zero-order chi connectivity index (χ0) is 36.1. The minimum Gasteiger partial charge on any atom is -0.497 e. The van der Waals surface area contributed by atoms with Crippen LogP contribution in [0.5, 0.6) is 5.75 Å². The zero-order valence-electron chi connectivity index (χ0n) is 30.0. The number of methoxy groups -OCH3 is 1. The quantitative estimate of drug-likeness (QED) is 0.232. The predicted molar refractivity (Wildman–Crippen MR) is 182 cm³/mol. The van der Waals surface area contributed by atoms with E-state index in [1.165, 1.54) is 12.1 Å². The highest BCUT2D eigenvalue weighted by Crippen LogP contribution is 2.47. The van der Waals surface area contributed by atoms with Gasteiger partial charge in [0.1, 0.15) is 11.4 Å². The number of piperidine rings is 1. The van der Waals surface area contributed by atoms with Crippen LogP contribution in [0.4, 0.5) is 23.2 Å². The van der Waals surface area contributed by atoms with Gasteiger partial charge in [-0.05, 0) is 95.7 Å². The Morgan fingerprint density at radius 2 is 1.53 bits per heavy atom. The van der Waals surface area contributed by atoms with Gasteiger partial charge < -0.3 is 19.3 Å². The molecule has 3 heterocycles. The van der Waals surface area contributed by atoms with E-state index in [9.17, 15) is 22.8 Å². The summed E-state index contributed by atoms with van der Waals surface area (Å²) in [7, 11) is 1.56. The van der Waals surface area contributed by atoms with Gasteiger partial charge in [0.15, 0.2) is 0 Å². The number of carbonyl (C=O) groups is 2. The number of carbonyl (C=O) groups excluding carboxylic acids is 2. The largest absolute Gasteiger partial charge is 0.497 e. The van der Waals surface area contributed by atoms with E-state index in [2.05, 4.69) is 0 Å². The van der Waals surface area contributed by atoms with E-state index >= 15 is 4.39 Å². The highest BCUT2D eigenvalue weighted by Gasteiger charge is 2.57. The Morgan fingerprint density at radius 3 is 2.08 bits per heavy atom. The molecular formula is C38H51F4N3O4. The summed E-state index contributed by atoms with van der Waals surface area (Å²) in [6.45, 7) is 15.0. The van der Waals surface area contributed by atoms with Crippen LogP contribution in [-0.4, -0.2) is 84.9 Å². The number of rotatable bonds is 6. The Labute approximate surface area is 287 Å². The first kappa shape index (κ1) is 36.9. The van der Waals surface area contributed by atoms with Crippen LogP contribution in [0.3, 0.4) is 0 Å². The monoisotopic (exact) mass is 689 g/mol. The Morgan fingerprint density at radius 1 is 0.898 bits per heavy atom. The summed E-state index contributed by atoms with van der Waals surface area (Å²) >= 11 is 0. The van der Waals surface area contributed by atoms with Crippen molar-refractivity contribution in [2.24, 2.45) is 11.8 Å². The number of amides is 1. The van der Waals surface area contributed by atoms with Crippen LogP contribution in [0.15, 0.2) is 42.5 Å². The molecule has 4 atom stereocenters. The molecule has 2 aromatic carbocycles. The molecule has 0 aromatic heterocycles. The Kier molecular flexibility index (Phi) is 10.1. The summed E-state index contributed by atoms with van der Waals surface area (Å²) in [6.07, 6.45) is -3.63. The van der Waals surface area contributed by atoms with Crippen LogP contribution in [0.1, 0.15) is 89.8 Å². The second kappa shape index (κ2) is 13.4. The van der Waals surface area contributed by atoms with Crippen LogP contribution in [0, 0.1) is 11.8 Å². The summed E-state index contributed by atoms with van der Waals surface area (Å²) < 4.78 is 70.3. The maximum atomic E-state index is 17.5. The van der Waals surface area contributed by atoms with E-state index in [1.807, 2.05) is 70.4 Å². The van der Waals surface area contributed by atoms with Crippen molar-refractivity contribution >= 4 is 17.6 Å². The van der Waals surface area contributed by atoms with E-state index in [4.69, 9.17) is 9.47 Å². The van der Waals surface area contributed by atoms with Gasteiger partial charge in [0, 0.05) is 62.3 Å². The van der Waals surface area contributed by atoms with Crippen LogP contribution in [0.2, 0.25) is 0 Å². The van der Waals surface area contributed by atoms with Crippen molar-refractivity contribution in [3.63, 3.8) is 0 Å². The molecule has 0 unspecified atom stereocenters. The number of hydrogen-bond donors (Lipinski definition) is 0. The Balaban J connectivity index is 1.41. The van der Waals surface area contributed by atoms with Crippen LogP contribution in [0.25, 0.3) is 0 Å². The van der Waals surface area contributed by atoms with E-state index in [0.29, 0.717) is 61.6 Å². The summed E-state index contributed by atoms with van der Waals surface area (Å²) in [5, 5.41) is 0. The summed E-state index contributed by atoms with van der Waals surface area (Å²) in [5.41, 5.74) is -2.07. The number of hydrogen-bond acceptors (Lipinski definition) is 6. The molecule has 49 heavy (non-hydrogen) atoms. The molecule has 5 rings (SSSR count). The van der Waals surface area contributed by atoms with Gasteiger partial charge in [-0.2, -0.15) is 13.2 Å². The lowest BCUT2D eigenvalue weighted by Gasteiger charge is -2.36. The summed E-state index contributed by atoms with van der Waals surface area (Å²) in [6, 6.07) is 11.0. The van der Waals surface area contributed by atoms with E-state index < -0.39 is 34.8 Å². The van der Waals surface area contributed by atoms with Crippen molar-refractivity contribution in [3.05, 3.63) is 59.2 Å². The average molecular weight is 690 g/mol. The van der Waals surface area contributed by atoms with Crippen molar-refractivity contribution in [2.75, 3.05) is 51.3 Å². The fourth-order valence-electron chi connectivity index (χ4n) is 7.60. The molecule has 1 amide bonds. The smallest absolute Gasteiger partial charge is 0.416 e. The van der Waals surface area contributed by atoms with Crippen molar-refractivity contribution in [1.82, 2.24) is 9.80 Å². The normalized spacial score (nSPS) is 25.9. The van der Waals surface area contributed by atoms with Crippen LogP contribution < -0.4 is 9.64 Å². The number of nitrogens with zero attached hydrogens (tertiary/aromatic N) is 3. The molecule has 2 aromatic rings. The van der Waals surface area contributed by atoms with Gasteiger partial charge in [0.2, 0.25) is 5.67 Å². The van der Waals surface area contributed by atoms with Crippen LogP contribution >= 0.6 is 0 Å². The van der Waals surface area contributed by atoms with E-state index in [1.54, 1.807) is 24.1 Å². The van der Waals surface area contributed by atoms with Gasteiger partial charge in [-0.15, -0.1) is 0 Å². The number of alkyl halides is 4. The molecular weight excluding hydrogens is 638 g/mol. The summed E-state index contributed by atoms with van der Waals surface area (Å²) in [5.74, 6) is -1.69. The highest BCUT2D eigenvalue weighted by molar-refractivity contribution is 5.88.